The second-order valence-corrected chi connectivity index (χ2v) is 6.67. The van der Waals surface area contributed by atoms with Crippen molar-refractivity contribution in [3.05, 3.63) is 36.0 Å². The van der Waals surface area contributed by atoms with Crippen molar-refractivity contribution in [3.63, 3.8) is 0 Å². The van der Waals surface area contributed by atoms with Crippen molar-refractivity contribution in [1.82, 2.24) is 20.5 Å². The summed E-state index contributed by atoms with van der Waals surface area (Å²) in [5.74, 6) is 0.830. The fourth-order valence-corrected chi connectivity index (χ4v) is 3.39. The largest absolute Gasteiger partial charge is 0.361 e. The van der Waals surface area contributed by atoms with Crippen LogP contribution in [-0.4, -0.2) is 54.5 Å². The molecule has 0 bridgehead atoms. The maximum atomic E-state index is 12.3. The number of likely N-dealkylation sites (tertiary alicyclic amines) is 1. The Hall–Kier alpha value is -2.50. The molecule has 6 heteroatoms. The van der Waals surface area contributed by atoms with Gasteiger partial charge in [-0.3, -0.25) is 4.79 Å². The normalized spacial score (nSPS) is 15.3. The number of hydrogen-bond donors (Lipinski definition) is 3. The number of fused-ring (bicyclic) bond motifs is 1. The first kappa shape index (κ1) is 18.3. The number of carbonyl (C=O) groups excluding carboxylic acids is 1. The molecule has 3 N–H and O–H groups in total. The molecule has 1 aromatic heterocycles. The van der Waals surface area contributed by atoms with E-state index in [0.717, 1.165) is 51.0 Å². The second kappa shape index (κ2) is 9.27. The summed E-state index contributed by atoms with van der Waals surface area (Å²) in [6.07, 6.45) is 6.41. The summed E-state index contributed by atoms with van der Waals surface area (Å²) >= 11 is 0. The first-order chi connectivity index (χ1) is 12.8. The fraction of sp³-hybridized carbons (Fsp3) is 0.500. The number of H-pyrrole nitrogens is 1. The molecule has 0 atom stereocenters. The molecule has 6 nitrogen and oxygen atoms in total. The van der Waals surface area contributed by atoms with Gasteiger partial charge in [0.15, 0.2) is 5.96 Å². The molecule has 1 saturated heterocycles. The van der Waals surface area contributed by atoms with Crippen molar-refractivity contribution in [3.8, 4) is 0 Å². The summed E-state index contributed by atoms with van der Waals surface area (Å²) in [6, 6.07) is 8.32. The summed E-state index contributed by atoms with van der Waals surface area (Å²) in [5, 5.41) is 7.82. The molecule has 26 heavy (non-hydrogen) atoms. The lowest BCUT2D eigenvalue weighted by Gasteiger charge is -2.26. The van der Waals surface area contributed by atoms with Gasteiger partial charge < -0.3 is 20.5 Å². The van der Waals surface area contributed by atoms with E-state index in [4.69, 9.17) is 0 Å². The SMILES string of the molecule is CCNC(=NCC(=O)N1CCCCC1)NCCc1c[nH]c2ccccc12. The number of aromatic nitrogens is 1. The number of hydrogen-bond acceptors (Lipinski definition) is 2. The fourth-order valence-electron chi connectivity index (χ4n) is 3.39. The number of aromatic amines is 1. The van der Waals surface area contributed by atoms with Crippen LogP contribution in [-0.2, 0) is 11.2 Å². The maximum absolute atomic E-state index is 12.3. The minimum absolute atomic E-state index is 0.124. The summed E-state index contributed by atoms with van der Waals surface area (Å²) < 4.78 is 0. The third-order valence-electron chi connectivity index (χ3n) is 4.79. The van der Waals surface area contributed by atoms with Crippen molar-refractivity contribution in [2.45, 2.75) is 32.6 Å². The highest BCUT2D eigenvalue weighted by atomic mass is 16.2. The van der Waals surface area contributed by atoms with E-state index in [1.54, 1.807) is 0 Å². The number of para-hydroxylation sites is 1. The zero-order valence-electron chi connectivity index (χ0n) is 15.6. The van der Waals surface area contributed by atoms with E-state index in [-0.39, 0.29) is 12.5 Å². The van der Waals surface area contributed by atoms with Crippen molar-refractivity contribution in [1.29, 1.82) is 0 Å². The Kier molecular flexibility index (Phi) is 6.52. The zero-order valence-corrected chi connectivity index (χ0v) is 15.6. The Morgan fingerprint density at radius 3 is 2.81 bits per heavy atom. The number of aliphatic imine (C=N–C) groups is 1. The lowest BCUT2D eigenvalue weighted by Crippen LogP contribution is -2.41. The minimum atomic E-state index is 0.124. The molecule has 2 heterocycles. The van der Waals surface area contributed by atoms with Gasteiger partial charge in [0.2, 0.25) is 5.91 Å². The summed E-state index contributed by atoms with van der Waals surface area (Å²) in [6.45, 7) is 5.53. The van der Waals surface area contributed by atoms with Crippen LogP contribution in [0.1, 0.15) is 31.7 Å². The smallest absolute Gasteiger partial charge is 0.244 e. The molecule has 1 fully saturated rings. The van der Waals surface area contributed by atoms with Gasteiger partial charge >= 0.3 is 0 Å². The van der Waals surface area contributed by atoms with Gasteiger partial charge in [-0.1, -0.05) is 18.2 Å². The Morgan fingerprint density at radius 2 is 2.00 bits per heavy atom. The number of rotatable bonds is 6. The van der Waals surface area contributed by atoms with Crippen LogP contribution < -0.4 is 10.6 Å². The van der Waals surface area contributed by atoms with Crippen molar-refractivity contribution < 1.29 is 4.79 Å². The van der Waals surface area contributed by atoms with Crippen LogP contribution in [0, 0.1) is 0 Å². The number of nitrogens with zero attached hydrogens (tertiary/aromatic N) is 2. The van der Waals surface area contributed by atoms with Gasteiger partial charge in [-0.05, 0) is 44.2 Å². The highest BCUT2D eigenvalue weighted by Crippen LogP contribution is 2.17. The first-order valence-corrected chi connectivity index (χ1v) is 9.63. The molecular formula is C20H29N5O. The van der Waals surface area contributed by atoms with Crippen LogP contribution >= 0.6 is 0 Å². The topological polar surface area (TPSA) is 72.5 Å². The standard InChI is InChI=1S/C20H29N5O/c1-2-21-20(24-15-19(26)25-12-6-3-7-13-25)22-11-10-16-14-23-18-9-5-4-8-17(16)18/h4-5,8-9,14,23H,2-3,6-7,10-13,15H2,1H3,(H2,21,22,24). The van der Waals surface area contributed by atoms with Crippen LogP contribution in [0.2, 0.25) is 0 Å². The average molecular weight is 355 g/mol. The van der Waals surface area contributed by atoms with Gasteiger partial charge in [-0.2, -0.15) is 0 Å². The Morgan fingerprint density at radius 1 is 1.19 bits per heavy atom. The number of guanidine groups is 1. The molecule has 0 radical (unpaired) electrons. The van der Waals surface area contributed by atoms with Gasteiger partial charge in [0.25, 0.3) is 0 Å². The van der Waals surface area contributed by atoms with Crippen LogP contribution in [0.3, 0.4) is 0 Å². The van der Waals surface area contributed by atoms with Crippen molar-refractivity contribution in [2.24, 2.45) is 4.99 Å². The van der Waals surface area contributed by atoms with E-state index < -0.39 is 0 Å². The van der Waals surface area contributed by atoms with Crippen LogP contribution in [0.5, 0.6) is 0 Å². The number of carbonyl (C=O) groups is 1. The zero-order chi connectivity index (χ0) is 18.2. The molecule has 1 aliphatic rings. The molecule has 1 amide bonds. The first-order valence-electron chi connectivity index (χ1n) is 9.63. The summed E-state index contributed by atoms with van der Waals surface area (Å²) in [7, 11) is 0. The van der Waals surface area contributed by atoms with Gasteiger partial charge in [0.05, 0.1) is 0 Å². The number of piperidine rings is 1. The molecule has 0 unspecified atom stereocenters. The summed E-state index contributed by atoms with van der Waals surface area (Å²) in [4.78, 5) is 22.0. The molecule has 0 aliphatic carbocycles. The van der Waals surface area contributed by atoms with Gasteiger partial charge in [-0.25, -0.2) is 4.99 Å². The second-order valence-electron chi connectivity index (χ2n) is 6.67. The monoisotopic (exact) mass is 355 g/mol. The van der Waals surface area contributed by atoms with E-state index in [9.17, 15) is 4.79 Å². The molecule has 0 saturated carbocycles. The number of nitrogens with one attached hydrogen (secondary N) is 3. The highest BCUT2D eigenvalue weighted by Gasteiger charge is 2.15. The minimum Gasteiger partial charge on any atom is -0.361 e. The predicted octanol–water partition coefficient (Wildman–Crippen LogP) is 2.28. The molecular weight excluding hydrogens is 326 g/mol. The van der Waals surface area contributed by atoms with Crippen molar-refractivity contribution >= 4 is 22.8 Å². The van der Waals surface area contributed by atoms with Gasteiger partial charge in [0, 0.05) is 43.3 Å². The van der Waals surface area contributed by atoms with E-state index in [1.165, 1.54) is 17.4 Å². The van der Waals surface area contributed by atoms with Crippen LogP contribution in [0.15, 0.2) is 35.5 Å². The molecule has 140 valence electrons. The van der Waals surface area contributed by atoms with E-state index in [0.29, 0.717) is 5.96 Å². The lowest BCUT2D eigenvalue weighted by atomic mass is 10.1. The average Bonchev–Trinajstić information content (AvgIpc) is 3.10. The molecule has 0 spiro atoms. The molecule has 2 aromatic rings. The number of benzene rings is 1. The Balaban J connectivity index is 1.51. The molecule has 1 aromatic carbocycles. The van der Waals surface area contributed by atoms with Crippen LogP contribution in [0.25, 0.3) is 10.9 Å². The van der Waals surface area contributed by atoms with Gasteiger partial charge in [0.1, 0.15) is 6.54 Å². The third-order valence-corrected chi connectivity index (χ3v) is 4.79. The number of amides is 1. The predicted molar refractivity (Wildman–Crippen MR) is 106 cm³/mol. The Bertz CT molecular complexity index is 745. The van der Waals surface area contributed by atoms with Gasteiger partial charge in [-0.15, -0.1) is 0 Å². The van der Waals surface area contributed by atoms with Crippen LogP contribution in [0.4, 0.5) is 0 Å². The molecule has 3 rings (SSSR count). The maximum Gasteiger partial charge on any atom is 0.244 e. The van der Waals surface area contributed by atoms with E-state index >= 15 is 0 Å². The quantitative estimate of drug-likeness (QED) is 0.550. The van der Waals surface area contributed by atoms with Crippen molar-refractivity contribution in [2.75, 3.05) is 32.7 Å². The molecule has 1 aliphatic heterocycles. The lowest BCUT2D eigenvalue weighted by molar-refractivity contribution is -0.130. The summed E-state index contributed by atoms with van der Waals surface area (Å²) in [5.41, 5.74) is 2.45. The van der Waals surface area contributed by atoms with E-state index in [1.807, 2.05) is 17.9 Å². The third kappa shape index (κ3) is 4.77. The highest BCUT2D eigenvalue weighted by molar-refractivity contribution is 5.85. The van der Waals surface area contributed by atoms with E-state index in [2.05, 4.69) is 45.0 Å². The Labute approximate surface area is 155 Å².